The van der Waals surface area contributed by atoms with Crippen LogP contribution in [-0.4, -0.2) is 65.1 Å². The fourth-order valence-electron chi connectivity index (χ4n) is 3.70. The Morgan fingerprint density at radius 2 is 1.97 bits per heavy atom. The summed E-state index contributed by atoms with van der Waals surface area (Å²) >= 11 is 5.77. The first kappa shape index (κ1) is 24.9. The van der Waals surface area contributed by atoms with E-state index in [4.69, 9.17) is 16.3 Å². The van der Waals surface area contributed by atoms with Crippen LogP contribution in [0.15, 0.2) is 36.5 Å². The number of amides is 2. The number of halogens is 2. The van der Waals surface area contributed by atoms with Crippen LogP contribution in [0.25, 0.3) is 0 Å². The minimum Gasteiger partial charge on any atom is -0.444 e. The molecule has 0 aliphatic carbocycles. The molecule has 0 saturated carbocycles. The van der Waals surface area contributed by atoms with E-state index in [1.54, 1.807) is 30.1 Å². The van der Waals surface area contributed by atoms with Crippen molar-refractivity contribution >= 4 is 29.3 Å². The number of nitrogens with zero attached hydrogens (tertiary/aromatic N) is 4. The second-order valence-electron chi connectivity index (χ2n) is 9.27. The number of rotatable bonds is 4. The molecule has 0 spiro atoms. The molecule has 7 nitrogen and oxygen atoms in total. The summed E-state index contributed by atoms with van der Waals surface area (Å²) in [4.78, 5) is 34.2. The van der Waals surface area contributed by atoms with Gasteiger partial charge in [0.1, 0.15) is 16.6 Å². The number of aromatic nitrogens is 1. The minimum atomic E-state index is -0.544. The van der Waals surface area contributed by atoms with Crippen LogP contribution in [0.2, 0.25) is 5.15 Å². The molecule has 1 aromatic heterocycles. The summed E-state index contributed by atoms with van der Waals surface area (Å²) in [5, 5.41) is 0.297. The monoisotopic (exact) mass is 476 g/mol. The molecule has 0 N–H and O–H groups in total. The molecule has 2 amide bonds. The molecular formula is C24H30ClFN4O3. The van der Waals surface area contributed by atoms with Crippen LogP contribution in [0.1, 0.15) is 43.6 Å². The van der Waals surface area contributed by atoms with Crippen molar-refractivity contribution in [2.75, 3.05) is 31.6 Å². The van der Waals surface area contributed by atoms with Gasteiger partial charge < -0.3 is 14.5 Å². The second-order valence-corrected chi connectivity index (χ2v) is 9.65. The summed E-state index contributed by atoms with van der Waals surface area (Å²) in [5.41, 5.74) is 0.797. The Labute approximate surface area is 199 Å². The zero-order valence-electron chi connectivity index (χ0n) is 19.6. The number of benzene rings is 1. The normalized spacial score (nSPS) is 17.1. The molecule has 1 fully saturated rings. The Kier molecular flexibility index (Phi) is 7.59. The predicted molar refractivity (Wildman–Crippen MR) is 126 cm³/mol. The number of carbonyl (C=O) groups is 2. The Balaban J connectivity index is 1.62. The number of hydrogen-bond acceptors (Lipinski definition) is 5. The highest BCUT2D eigenvalue weighted by Crippen LogP contribution is 2.23. The lowest BCUT2D eigenvalue weighted by Crippen LogP contribution is -2.54. The van der Waals surface area contributed by atoms with Gasteiger partial charge in [-0.2, -0.15) is 0 Å². The highest BCUT2D eigenvalue weighted by Gasteiger charge is 2.31. The zero-order valence-corrected chi connectivity index (χ0v) is 20.4. The molecule has 1 atom stereocenters. The van der Waals surface area contributed by atoms with Crippen molar-refractivity contribution in [1.82, 2.24) is 14.8 Å². The summed E-state index contributed by atoms with van der Waals surface area (Å²) in [6.45, 7) is 9.65. The van der Waals surface area contributed by atoms with E-state index >= 15 is 0 Å². The quantitative estimate of drug-likeness (QED) is 0.604. The molecule has 3 rings (SSSR count). The summed E-state index contributed by atoms with van der Waals surface area (Å²) in [6.07, 6.45) is 1.07. The predicted octanol–water partition coefficient (Wildman–Crippen LogP) is 4.59. The van der Waals surface area contributed by atoms with E-state index in [1.165, 1.54) is 23.2 Å². The lowest BCUT2D eigenvalue weighted by Gasteiger charge is -2.40. The molecule has 2 aromatic rings. The van der Waals surface area contributed by atoms with Gasteiger partial charge in [0.25, 0.3) is 5.91 Å². The third-order valence-electron chi connectivity index (χ3n) is 5.44. The SMILES string of the molecule is C[C@H]1CN(Cc2ccc(N(C)C(=O)c3ccc(Cl)nc3)cc2F)CCN1C(=O)OC(C)(C)C. The summed E-state index contributed by atoms with van der Waals surface area (Å²) in [6, 6.07) is 7.84. The number of ether oxygens (including phenoxy) is 1. The van der Waals surface area contributed by atoms with E-state index in [1.807, 2.05) is 27.7 Å². The molecule has 1 aliphatic rings. The highest BCUT2D eigenvalue weighted by molar-refractivity contribution is 6.29. The largest absolute Gasteiger partial charge is 0.444 e. The third-order valence-corrected chi connectivity index (χ3v) is 5.66. The van der Waals surface area contributed by atoms with Crippen LogP contribution in [0.5, 0.6) is 0 Å². The van der Waals surface area contributed by atoms with Crippen molar-refractivity contribution in [3.63, 3.8) is 0 Å². The number of hydrogen-bond donors (Lipinski definition) is 0. The van der Waals surface area contributed by atoms with E-state index in [2.05, 4.69) is 9.88 Å². The van der Waals surface area contributed by atoms with Crippen LogP contribution in [0, 0.1) is 5.82 Å². The smallest absolute Gasteiger partial charge is 0.410 e. The number of pyridine rings is 1. The summed E-state index contributed by atoms with van der Waals surface area (Å²) in [5.74, 6) is -0.693. The molecule has 2 heterocycles. The third kappa shape index (κ3) is 6.42. The van der Waals surface area contributed by atoms with E-state index in [0.29, 0.717) is 48.1 Å². The number of anilines is 1. The maximum atomic E-state index is 14.9. The van der Waals surface area contributed by atoms with Gasteiger partial charge in [-0.05, 0) is 52.0 Å². The van der Waals surface area contributed by atoms with Crippen LogP contribution in [0.4, 0.5) is 14.9 Å². The molecule has 178 valence electrons. The average Bonchev–Trinajstić information content (AvgIpc) is 2.73. The first-order chi connectivity index (χ1) is 15.4. The van der Waals surface area contributed by atoms with E-state index in [0.717, 1.165) is 0 Å². The van der Waals surface area contributed by atoms with E-state index < -0.39 is 5.60 Å². The van der Waals surface area contributed by atoms with Crippen molar-refractivity contribution in [2.24, 2.45) is 0 Å². The fourth-order valence-corrected chi connectivity index (χ4v) is 3.81. The van der Waals surface area contributed by atoms with Crippen molar-refractivity contribution in [3.8, 4) is 0 Å². The van der Waals surface area contributed by atoms with Gasteiger partial charge in [0.15, 0.2) is 0 Å². The van der Waals surface area contributed by atoms with Gasteiger partial charge in [0, 0.05) is 56.7 Å². The average molecular weight is 477 g/mol. The molecule has 1 aromatic carbocycles. The molecule has 0 bridgehead atoms. The Hall–Kier alpha value is -2.71. The van der Waals surface area contributed by atoms with Gasteiger partial charge >= 0.3 is 6.09 Å². The van der Waals surface area contributed by atoms with Crippen LogP contribution in [-0.2, 0) is 11.3 Å². The maximum Gasteiger partial charge on any atom is 0.410 e. The van der Waals surface area contributed by atoms with Crippen molar-refractivity contribution < 1.29 is 18.7 Å². The van der Waals surface area contributed by atoms with Crippen molar-refractivity contribution in [2.45, 2.75) is 45.9 Å². The summed E-state index contributed by atoms with van der Waals surface area (Å²) in [7, 11) is 1.59. The van der Waals surface area contributed by atoms with E-state index in [-0.39, 0.29) is 23.9 Å². The van der Waals surface area contributed by atoms with Gasteiger partial charge in [0.05, 0.1) is 5.56 Å². The Bertz CT molecular complexity index is 1010. The zero-order chi connectivity index (χ0) is 24.3. The first-order valence-electron chi connectivity index (χ1n) is 10.8. The van der Waals surface area contributed by atoms with Gasteiger partial charge in [-0.1, -0.05) is 17.7 Å². The molecule has 1 saturated heterocycles. The van der Waals surface area contributed by atoms with Crippen LogP contribution < -0.4 is 4.90 Å². The fraction of sp³-hybridized carbons (Fsp3) is 0.458. The van der Waals surface area contributed by atoms with Gasteiger partial charge in [0.2, 0.25) is 0 Å². The maximum absolute atomic E-state index is 14.9. The van der Waals surface area contributed by atoms with Gasteiger partial charge in [-0.3, -0.25) is 9.69 Å². The summed E-state index contributed by atoms with van der Waals surface area (Å²) < 4.78 is 20.4. The van der Waals surface area contributed by atoms with Gasteiger partial charge in [-0.25, -0.2) is 14.2 Å². The molecular weight excluding hydrogens is 447 g/mol. The van der Waals surface area contributed by atoms with E-state index in [9.17, 15) is 14.0 Å². The molecule has 0 unspecified atom stereocenters. The molecule has 1 aliphatic heterocycles. The van der Waals surface area contributed by atoms with Crippen LogP contribution in [0.3, 0.4) is 0 Å². The highest BCUT2D eigenvalue weighted by atomic mass is 35.5. The topological polar surface area (TPSA) is 66.0 Å². The molecule has 9 heteroatoms. The minimum absolute atomic E-state index is 0.0484. The lowest BCUT2D eigenvalue weighted by molar-refractivity contribution is 0.000430. The van der Waals surface area contributed by atoms with Gasteiger partial charge in [-0.15, -0.1) is 0 Å². The standard InChI is InChI=1S/C24H30ClFN4O3/c1-16-14-29(10-11-30(16)23(32)33-24(2,3)4)15-18-6-8-19(12-20(18)26)28(5)22(31)17-7-9-21(25)27-13-17/h6-9,12-13,16H,10-11,14-15H2,1-5H3/t16-/m0/s1. The first-order valence-corrected chi connectivity index (χ1v) is 11.2. The molecule has 0 radical (unpaired) electrons. The van der Waals surface area contributed by atoms with Crippen LogP contribution >= 0.6 is 11.6 Å². The number of carbonyl (C=O) groups excluding carboxylic acids is 2. The van der Waals surface area contributed by atoms with Crippen molar-refractivity contribution in [3.05, 3.63) is 58.6 Å². The molecule has 33 heavy (non-hydrogen) atoms. The Morgan fingerprint density at radius 1 is 1.24 bits per heavy atom. The number of piperazine rings is 1. The second kappa shape index (κ2) is 10.1. The van der Waals surface area contributed by atoms with Crippen molar-refractivity contribution in [1.29, 1.82) is 0 Å². The lowest BCUT2D eigenvalue weighted by atomic mass is 10.1. The Morgan fingerprint density at radius 3 is 2.55 bits per heavy atom.